The molecule has 1 aromatic carbocycles. The lowest BCUT2D eigenvalue weighted by Crippen LogP contribution is -2.42. The number of hydrogen-bond acceptors (Lipinski definition) is 5. The van der Waals surface area contributed by atoms with Gasteiger partial charge in [-0.15, -0.1) is 0 Å². The number of benzene rings is 1. The number of nitro groups is 1. The average molecular weight is 291 g/mol. The van der Waals surface area contributed by atoms with Gasteiger partial charge in [0.05, 0.1) is 16.5 Å². The van der Waals surface area contributed by atoms with Gasteiger partial charge in [0.1, 0.15) is 5.75 Å². The van der Waals surface area contributed by atoms with Crippen LogP contribution in [0.1, 0.15) is 19.3 Å². The van der Waals surface area contributed by atoms with Crippen LogP contribution in [0.2, 0.25) is 0 Å². The minimum Gasteiger partial charge on any atom is -0.506 e. The molecule has 2 fully saturated rings. The van der Waals surface area contributed by atoms with Gasteiger partial charge in [-0.2, -0.15) is 0 Å². The fourth-order valence-corrected chi connectivity index (χ4v) is 3.68. The molecule has 1 amide bonds. The molecule has 4 N–H and O–H groups in total. The summed E-state index contributed by atoms with van der Waals surface area (Å²) >= 11 is 0. The monoisotopic (exact) mass is 291 g/mol. The van der Waals surface area contributed by atoms with Crippen LogP contribution in [-0.4, -0.2) is 22.0 Å². The molecule has 4 atom stereocenters. The maximum Gasteiger partial charge on any atom is 0.271 e. The number of nitro benzene ring substituents is 1. The van der Waals surface area contributed by atoms with Crippen molar-refractivity contribution in [2.75, 3.05) is 5.32 Å². The van der Waals surface area contributed by atoms with Crippen LogP contribution in [0.4, 0.5) is 11.4 Å². The van der Waals surface area contributed by atoms with Crippen LogP contribution < -0.4 is 11.1 Å². The number of nitrogens with one attached hydrogen (secondary N) is 1. The number of phenols is 1. The summed E-state index contributed by atoms with van der Waals surface area (Å²) < 4.78 is 0. The van der Waals surface area contributed by atoms with Crippen LogP contribution in [0.3, 0.4) is 0 Å². The Balaban J connectivity index is 1.79. The van der Waals surface area contributed by atoms with Crippen LogP contribution >= 0.6 is 0 Å². The summed E-state index contributed by atoms with van der Waals surface area (Å²) in [5.74, 6) is -0.0473. The van der Waals surface area contributed by atoms with Gasteiger partial charge in [0.25, 0.3) is 5.69 Å². The minimum atomic E-state index is -0.571. The fourth-order valence-electron chi connectivity index (χ4n) is 3.68. The molecular weight excluding hydrogens is 274 g/mol. The van der Waals surface area contributed by atoms with Crippen molar-refractivity contribution >= 4 is 17.3 Å². The maximum absolute atomic E-state index is 12.4. The maximum atomic E-state index is 12.4. The predicted molar refractivity (Wildman–Crippen MR) is 75.7 cm³/mol. The van der Waals surface area contributed by atoms with Gasteiger partial charge in [-0.25, -0.2) is 0 Å². The number of nitrogens with two attached hydrogens (primary N) is 1. The molecule has 0 aliphatic heterocycles. The number of phenolic OH excluding ortho intramolecular Hbond substituents is 1. The van der Waals surface area contributed by atoms with E-state index in [1.807, 2.05) is 0 Å². The number of rotatable bonds is 3. The van der Waals surface area contributed by atoms with Crippen molar-refractivity contribution in [2.24, 2.45) is 23.5 Å². The van der Waals surface area contributed by atoms with E-state index in [1.54, 1.807) is 0 Å². The number of amides is 1. The quantitative estimate of drug-likeness (QED) is 0.444. The van der Waals surface area contributed by atoms with Crippen molar-refractivity contribution < 1.29 is 14.8 Å². The number of carbonyl (C=O) groups is 1. The molecule has 4 unspecified atom stereocenters. The van der Waals surface area contributed by atoms with E-state index in [2.05, 4.69) is 5.32 Å². The third-order valence-corrected chi connectivity index (χ3v) is 4.73. The van der Waals surface area contributed by atoms with Crippen LogP contribution in [-0.2, 0) is 4.79 Å². The molecule has 2 aliphatic carbocycles. The standard InChI is InChI=1S/C14H17N3O4/c15-13-8-2-1-7(5-8)12(13)14(19)16-10-6-9(17(20)21)3-4-11(10)18/h3-4,6-8,12-13,18H,1-2,5,15H2,(H,16,19). The normalized spacial score (nSPS) is 30.3. The lowest BCUT2D eigenvalue weighted by molar-refractivity contribution is -0.384. The number of anilines is 1. The average Bonchev–Trinajstić information content (AvgIpc) is 3.01. The van der Waals surface area contributed by atoms with Crippen molar-refractivity contribution in [1.82, 2.24) is 0 Å². The molecule has 0 spiro atoms. The van der Waals surface area contributed by atoms with Gasteiger partial charge in [-0.1, -0.05) is 0 Å². The lowest BCUT2D eigenvalue weighted by Gasteiger charge is -2.27. The predicted octanol–water partition coefficient (Wildman–Crippen LogP) is 1.61. The Morgan fingerprint density at radius 3 is 2.71 bits per heavy atom. The van der Waals surface area contributed by atoms with E-state index in [1.165, 1.54) is 12.1 Å². The van der Waals surface area contributed by atoms with Gasteiger partial charge in [0, 0.05) is 18.2 Å². The molecular formula is C14H17N3O4. The third-order valence-electron chi connectivity index (χ3n) is 4.73. The van der Waals surface area contributed by atoms with Crippen molar-refractivity contribution in [3.05, 3.63) is 28.3 Å². The minimum absolute atomic E-state index is 0.0594. The second-order valence-electron chi connectivity index (χ2n) is 5.88. The molecule has 0 radical (unpaired) electrons. The first kappa shape index (κ1) is 13.8. The Morgan fingerprint density at radius 1 is 1.38 bits per heavy atom. The molecule has 112 valence electrons. The number of aromatic hydroxyl groups is 1. The van der Waals surface area contributed by atoms with Gasteiger partial charge >= 0.3 is 0 Å². The highest BCUT2D eigenvalue weighted by Gasteiger charge is 2.49. The Morgan fingerprint density at radius 2 is 2.10 bits per heavy atom. The highest BCUT2D eigenvalue weighted by molar-refractivity contribution is 5.95. The van der Waals surface area contributed by atoms with Crippen molar-refractivity contribution in [3.63, 3.8) is 0 Å². The van der Waals surface area contributed by atoms with Crippen molar-refractivity contribution in [3.8, 4) is 5.75 Å². The van der Waals surface area contributed by atoms with Gasteiger partial charge in [0.2, 0.25) is 5.91 Å². The van der Waals surface area contributed by atoms with Crippen LogP contribution in [0.15, 0.2) is 18.2 Å². The largest absolute Gasteiger partial charge is 0.506 e. The number of carbonyl (C=O) groups excluding carboxylic acids is 1. The Kier molecular flexibility index (Phi) is 3.29. The topological polar surface area (TPSA) is 118 Å². The van der Waals surface area contributed by atoms with E-state index in [-0.39, 0.29) is 40.9 Å². The second kappa shape index (κ2) is 5.00. The number of non-ortho nitro benzene ring substituents is 1. The Bertz CT molecular complexity index is 602. The molecule has 21 heavy (non-hydrogen) atoms. The fraction of sp³-hybridized carbons (Fsp3) is 0.500. The van der Waals surface area contributed by atoms with E-state index >= 15 is 0 Å². The lowest BCUT2D eigenvalue weighted by atomic mass is 9.84. The van der Waals surface area contributed by atoms with Crippen LogP contribution in [0.25, 0.3) is 0 Å². The highest BCUT2D eigenvalue weighted by Crippen LogP contribution is 2.48. The third kappa shape index (κ3) is 2.33. The molecule has 7 heteroatoms. The van der Waals surface area contributed by atoms with E-state index in [0.29, 0.717) is 5.92 Å². The summed E-state index contributed by atoms with van der Waals surface area (Å²) in [7, 11) is 0. The summed E-state index contributed by atoms with van der Waals surface area (Å²) in [6.07, 6.45) is 3.04. The van der Waals surface area contributed by atoms with Crippen molar-refractivity contribution in [1.29, 1.82) is 0 Å². The SMILES string of the molecule is NC1C2CCC(C2)C1C(=O)Nc1cc([N+](=O)[O-])ccc1O. The van der Waals surface area contributed by atoms with Crippen LogP contribution in [0.5, 0.6) is 5.75 Å². The molecule has 2 saturated carbocycles. The molecule has 2 aliphatic rings. The van der Waals surface area contributed by atoms with Crippen molar-refractivity contribution in [2.45, 2.75) is 25.3 Å². The van der Waals surface area contributed by atoms with Gasteiger partial charge < -0.3 is 16.2 Å². The summed E-state index contributed by atoms with van der Waals surface area (Å²) in [4.78, 5) is 22.6. The first-order chi connectivity index (χ1) is 9.97. The Labute approximate surface area is 121 Å². The molecule has 0 heterocycles. The Hall–Kier alpha value is -2.15. The summed E-state index contributed by atoms with van der Waals surface area (Å²) in [6, 6.07) is 3.39. The van der Waals surface area contributed by atoms with Gasteiger partial charge in [-0.05, 0) is 37.2 Å². The number of nitrogens with zero attached hydrogens (tertiary/aromatic N) is 1. The number of fused-ring (bicyclic) bond motifs is 2. The second-order valence-corrected chi connectivity index (χ2v) is 5.88. The molecule has 7 nitrogen and oxygen atoms in total. The summed E-state index contributed by atoms with van der Waals surface area (Å²) in [5, 5.41) is 23.1. The smallest absolute Gasteiger partial charge is 0.271 e. The highest BCUT2D eigenvalue weighted by atomic mass is 16.6. The molecule has 0 saturated heterocycles. The zero-order valence-corrected chi connectivity index (χ0v) is 11.4. The zero-order valence-electron chi connectivity index (χ0n) is 11.4. The zero-order chi connectivity index (χ0) is 15.1. The molecule has 3 rings (SSSR count). The van der Waals surface area contributed by atoms with E-state index < -0.39 is 4.92 Å². The van der Waals surface area contributed by atoms with E-state index in [4.69, 9.17) is 5.73 Å². The molecule has 1 aromatic rings. The van der Waals surface area contributed by atoms with Crippen LogP contribution in [0, 0.1) is 27.9 Å². The van der Waals surface area contributed by atoms with E-state index in [9.17, 15) is 20.0 Å². The summed E-state index contributed by atoms with van der Waals surface area (Å²) in [5.41, 5.74) is 5.98. The summed E-state index contributed by atoms with van der Waals surface area (Å²) in [6.45, 7) is 0. The van der Waals surface area contributed by atoms with Gasteiger partial charge in [-0.3, -0.25) is 14.9 Å². The molecule has 2 bridgehead atoms. The van der Waals surface area contributed by atoms with E-state index in [0.717, 1.165) is 25.3 Å². The van der Waals surface area contributed by atoms with Gasteiger partial charge in [0.15, 0.2) is 0 Å². The number of hydrogen-bond donors (Lipinski definition) is 3. The first-order valence-electron chi connectivity index (χ1n) is 7.01. The molecule has 0 aromatic heterocycles. The first-order valence-corrected chi connectivity index (χ1v) is 7.01.